The molecule has 4 aromatic rings. The van der Waals surface area contributed by atoms with Gasteiger partial charge in [0.25, 0.3) is 5.91 Å². The van der Waals surface area contributed by atoms with Crippen molar-refractivity contribution in [1.29, 1.82) is 0 Å². The molecule has 3 aromatic heterocycles. The van der Waals surface area contributed by atoms with Crippen molar-refractivity contribution in [2.75, 3.05) is 22.6 Å². The summed E-state index contributed by atoms with van der Waals surface area (Å²) < 4.78 is 0. The predicted octanol–water partition coefficient (Wildman–Crippen LogP) is 5.32. The molecule has 0 aliphatic rings. The zero-order valence-electron chi connectivity index (χ0n) is 20.4. The van der Waals surface area contributed by atoms with Crippen LogP contribution in [0.2, 0.25) is 0 Å². The number of nitrogens with one attached hydrogen (secondary N) is 3. The summed E-state index contributed by atoms with van der Waals surface area (Å²) in [6, 6.07) is 13.1. The number of pyridine rings is 2. The minimum atomic E-state index is -0.283. The van der Waals surface area contributed by atoms with Gasteiger partial charge in [0.1, 0.15) is 11.5 Å². The lowest BCUT2D eigenvalue weighted by Gasteiger charge is -2.23. The zero-order chi connectivity index (χ0) is 24.9. The van der Waals surface area contributed by atoms with Crippen LogP contribution in [0.4, 0.5) is 17.2 Å². The van der Waals surface area contributed by atoms with Crippen LogP contribution < -0.4 is 15.5 Å². The fourth-order valence-corrected chi connectivity index (χ4v) is 4.00. The number of rotatable bonds is 8. The van der Waals surface area contributed by atoms with Crippen molar-refractivity contribution < 1.29 is 9.59 Å². The monoisotopic (exact) mass is 470 g/mol. The van der Waals surface area contributed by atoms with Crippen LogP contribution in [0, 0.1) is 0 Å². The third kappa shape index (κ3) is 5.16. The number of fused-ring (bicyclic) bond motifs is 1. The van der Waals surface area contributed by atoms with Gasteiger partial charge in [-0.15, -0.1) is 0 Å². The van der Waals surface area contributed by atoms with Gasteiger partial charge in [-0.1, -0.05) is 19.9 Å². The van der Waals surface area contributed by atoms with Gasteiger partial charge in [-0.25, -0.2) is 9.97 Å². The van der Waals surface area contributed by atoms with E-state index in [2.05, 4.69) is 39.4 Å². The molecule has 0 spiro atoms. The molecule has 0 fully saturated rings. The molecule has 0 radical (unpaired) electrons. The van der Waals surface area contributed by atoms with Crippen LogP contribution in [0.5, 0.6) is 0 Å². The molecular weight excluding hydrogens is 440 g/mol. The molecule has 8 heteroatoms. The Morgan fingerprint density at radius 3 is 2.71 bits per heavy atom. The van der Waals surface area contributed by atoms with E-state index in [1.165, 1.54) is 6.92 Å². The van der Waals surface area contributed by atoms with Gasteiger partial charge >= 0.3 is 0 Å². The highest BCUT2D eigenvalue weighted by atomic mass is 16.2. The van der Waals surface area contributed by atoms with Crippen molar-refractivity contribution in [3.05, 3.63) is 77.7 Å². The summed E-state index contributed by atoms with van der Waals surface area (Å²) in [5, 5.41) is 7.28. The number of anilines is 3. The molecule has 2 amide bonds. The molecule has 0 aliphatic heterocycles. The molecule has 0 saturated heterocycles. The van der Waals surface area contributed by atoms with Gasteiger partial charge in [0.05, 0.1) is 5.56 Å². The number of carbonyl (C=O) groups excluding carboxylic acids is 2. The molecular formula is C27H30N6O2. The van der Waals surface area contributed by atoms with Crippen LogP contribution in [0.25, 0.3) is 11.0 Å². The first-order valence-electron chi connectivity index (χ1n) is 11.7. The van der Waals surface area contributed by atoms with Gasteiger partial charge in [0, 0.05) is 55.9 Å². The second-order valence-corrected chi connectivity index (χ2v) is 8.58. The number of H-pyrrole nitrogens is 1. The Morgan fingerprint density at radius 2 is 1.94 bits per heavy atom. The standard InChI is InChI=1S/C27H30N6O2/c1-5-17(2)21-9-8-20(15-24(21)33(4)18(3)34)32-27(35)23-7-6-12-28-26(23)31-16-19-10-13-29-25-22(19)11-14-30-25/h6-15,17H,5,16H2,1-4H3,(H,28,31)(H,29,30)(H,32,35). The maximum Gasteiger partial charge on any atom is 0.259 e. The highest BCUT2D eigenvalue weighted by molar-refractivity contribution is 6.08. The quantitative estimate of drug-likeness (QED) is 0.323. The van der Waals surface area contributed by atoms with E-state index in [1.54, 1.807) is 36.5 Å². The molecule has 1 unspecified atom stereocenters. The molecule has 1 aromatic carbocycles. The first-order valence-corrected chi connectivity index (χ1v) is 11.7. The van der Waals surface area contributed by atoms with E-state index in [-0.39, 0.29) is 17.7 Å². The van der Waals surface area contributed by atoms with E-state index in [0.717, 1.165) is 34.3 Å². The second-order valence-electron chi connectivity index (χ2n) is 8.58. The van der Waals surface area contributed by atoms with E-state index in [0.29, 0.717) is 23.6 Å². The summed E-state index contributed by atoms with van der Waals surface area (Å²) in [5.41, 5.74) is 4.77. The lowest BCUT2D eigenvalue weighted by molar-refractivity contribution is -0.116. The molecule has 3 N–H and O–H groups in total. The normalized spacial score (nSPS) is 11.8. The van der Waals surface area contributed by atoms with Crippen molar-refractivity contribution >= 4 is 40.0 Å². The average Bonchev–Trinajstić information content (AvgIpc) is 3.36. The number of aromatic nitrogens is 3. The van der Waals surface area contributed by atoms with E-state index < -0.39 is 0 Å². The van der Waals surface area contributed by atoms with Crippen molar-refractivity contribution in [2.45, 2.75) is 39.7 Å². The Morgan fingerprint density at radius 1 is 1.11 bits per heavy atom. The SMILES string of the molecule is CCC(C)c1ccc(NC(=O)c2cccnc2NCc2ccnc3[nH]ccc23)cc1N(C)C(C)=O. The summed E-state index contributed by atoms with van der Waals surface area (Å²) >= 11 is 0. The van der Waals surface area contributed by atoms with Gasteiger partial charge < -0.3 is 20.5 Å². The molecule has 180 valence electrons. The summed E-state index contributed by atoms with van der Waals surface area (Å²) in [5.74, 6) is 0.424. The molecule has 4 rings (SSSR count). The van der Waals surface area contributed by atoms with Crippen LogP contribution in [0.3, 0.4) is 0 Å². The molecule has 8 nitrogen and oxygen atoms in total. The lowest BCUT2D eigenvalue weighted by atomic mass is 9.95. The number of benzene rings is 1. The Kier molecular flexibility index (Phi) is 7.10. The van der Waals surface area contributed by atoms with Crippen LogP contribution in [-0.2, 0) is 11.3 Å². The van der Waals surface area contributed by atoms with E-state index in [1.807, 2.05) is 36.5 Å². The third-order valence-corrected chi connectivity index (χ3v) is 6.31. The Bertz CT molecular complexity index is 1360. The van der Waals surface area contributed by atoms with Crippen LogP contribution in [-0.4, -0.2) is 33.8 Å². The van der Waals surface area contributed by atoms with Gasteiger partial charge in [0.2, 0.25) is 5.91 Å². The Balaban J connectivity index is 1.56. The van der Waals surface area contributed by atoms with E-state index in [9.17, 15) is 9.59 Å². The summed E-state index contributed by atoms with van der Waals surface area (Å²) in [6.45, 7) is 6.26. The number of amides is 2. The maximum absolute atomic E-state index is 13.2. The smallest absolute Gasteiger partial charge is 0.259 e. The largest absolute Gasteiger partial charge is 0.365 e. The number of aromatic amines is 1. The maximum atomic E-state index is 13.2. The second kappa shape index (κ2) is 10.4. The molecule has 0 aliphatic carbocycles. The molecule has 3 heterocycles. The Labute approximate surface area is 204 Å². The van der Waals surface area contributed by atoms with Crippen molar-refractivity contribution in [3.63, 3.8) is 0 Å². The minimum absolute atomic E-state index is 0.0654. The highest BCUT2D eigenvalue weighted by Gasteiger charge is 2.18. The number of hydrogen-bond donors (Lipinski definition) is 3. The summed E-state index contributed by atoms with van der Waals surface area (Å²) in [4.78, 5) is 38.7. The fourth-order valence-electron chi connectivity index (χ4n) is 4.00. The summed E-state index contributed by atoms with van der Waals surface area (Å²) in [7, 11) is 1.75. The molecule has 0 bridgehead atoms. The number of nitrogens with zero attached hydrogens (tertiary/aromatic N) is 3. The van der Waals surface area contributed by atoms with Crippen molar-refractivity contribution in [3.8, 4) is 0 Å². The van der Waals surface area contributed by atoms with E-state index in [4.69, 9.17) is 0 Å². The Hall–Kier alpha value is -4.20. The number of carbonyl (C=O) groups is 2. The van der Waals surface area contributed by atoms with Crippen LogP contribution in [0.15, 0.2) is 61.1 Å². The topological polar surface area (TPSA) is 103 Å². The fraction of sp³-hybridized carbons (Fsp3) is 0.259. The lowest BCUT2D eigenvalue weighted by Crippen LogP contribution is -2.25. The molecule has 0 saturated carbocycles. The molecule has 35 heavy (non-hydrogen) atoms. The van der Waals surface area contributed by atoms with Crippen LogP contribution in [0.1, 0.15) is 54.6 Å². The highest BCUT2D eigenvalue weighted by Crippen LogP contribution is 2.32. The van der Waals surface area contributed by atoms with Crippen molar-refractivity contribution in [2.24, 2.45) is 0 Å². The number of hydrogen-bond acceptors (Lipinski definition) is 5. The van der Waals surface area contributed by atoms with Gasteiger partial charge in [0.15, 0.2) is 0 Å². The molecule has 1 atom stereocenters. The van der Waals surface area contributed by atoms with Gasteiger partial charge in [-0.05, 0) is 59.9 Å². The van der Waals surface area contributed by atoms with Crippen LogP contribution >= 0.6 is 0 Å². The first kappa shape index (κ1) is 23.9. The zero-order valence-corrected chi connectivity index (χ0v) is 20.4. The third-order valence-electron chi connectivity index (χ3n) is 6.31. The predicted molar refractivity (Wildman–Crippen MR) is 140 cm³/mol. The van der Waals surface area contributed by atoms with Crippen molar-refractivity contribution in [1.82, 2.24) is 15.0 Å². The minimum Gasteiger partial charge on any atom is -0.365 e. The average molecular weight is 471 g/mol. The first-order chi connectivity index (χ1) is 16.9. The van der Waals surface area contributed by atoms with Gasteiger partial charge in [-0.2, -0.15) is 0 Å². The summed E-state index contributed by atoms with van der Waals surface area (Å²) in [6.07, 6.45) is 6.20. The van der Waals surface area contributed by atoms with Gasteiger partial charge in [-0.3, -0.25) is 9.59 Å². The van der Waals surface area contributed by atoms with E-state index >= 15 is 0 Å².